The highest BCUT2D eigenvalue weighted by Crippen LogP contribution is 2.39. The fourth-order valence-corrected chi connectivity index (χ4v) is 4.57. The van der Waals surface area contributed by atoms with Gasteiger partial charge in [-0.1, -0.05) is 78.4 Å². The summed E-state index contributed by atoms with van der Waals surface area (Å²) in [4.78, 5) is 31.1. The van der Waals surface area contributed by atoms with Gasteiger partial charge >= 0.3 is 0 Å². The molecule has 1 aliphatic heterocycles. The molecule has 0 aromatic heterocycles. The van der Waals surface area contributed by atoms with E-state index in [9.17, 15) is 9.59 Å². The molecule has 0 bridgehead atoms. The molecule has 4 heteroatoms. The Hall–Kier alpha value is -4.18. The van der Waals surface area contributed by atoms with E-state index in [2.05, 4.69) is 0 Å². The first-order chi connectivity index (χ1) is 16.0. The van der Waals surface area contributed by atoms with Gasteiger partial charge in [-0.25, -0.2) is 4.90 Å². The van der Waals surface area contributed by atoms with Gasteiger partial charge in [0, 0.05) is 18.1 Å². The normalized spacial score (nSPS) is 13.8. The molecule has 0 saturated carbocycles. The number of likely N-dealkylation sites (N-methyl/N-ethyl adjacent to an activating group) is 1. The van der Waals surface area contributed by atoms with Crippen molar-refractivity contribution in [3.63, 3.8) is 0 Å². The van der Waals surface area contributed by atoms with Crippen molar-refractivity contribution in [2.45, 2.75) is 13.8 Å². The van der Waals surface area contributed by atoms with Crippen LogP contribution in [0.25, 0.3) is 16.3 Å². The van der Waals surface area contributed by atoms with Gasteiger partial charge in [0.05, 0.1) is 11.3 Å². The molecule has 4 aromatic carbocycles. The van der Waals surface area contributed by atoms with Crippen molar-refractivity contribution in [2.75, 3.05) is 16.8 Å². The molecule has 1 aliphatic rings. The lowest BCUT2D eigenvalue weighted by Gasteiger charge is -2.22. The van der Waals surface area contributed by atoms with Gasteiger partial charge in [-0.2, -0.15) is 0 Å². The third-order valence-electron chi connectivity index (χ3n) is 6.20. The topological polar surface area (TPSA) is 40.6 Å². The Bertz CT molecular complexity index is 1430. The third-order valence-corrected chi connectivity index (χ3v) is 6.20. The maximum absolute atomic E-state index is 14.0. The van der Waals surface area contributed by atoms with Crippen LogP contribution < -0.4 is 9.80 Å². The fraction of sp³-hybridized carbons (Fsp3) is 0.103. The van der Waals surface area contributed by atoms with Crippen molar-refractivity contribution in [1.82, 2.24) is 0 Å². The van der Waals surface area contributed by atoms with Gasteiger partial charge in [0.25, 0.3) is 11.8 Å². The zero-order chi connectivity index (χ0) is 23.1. The molecule has 5 rings (SSSR count). The van der Waals surface area contributed by atoms with Crippen LogP contribution >= 0.6 is 0 Å². The molecule has 1 heterocycles. The second-order valence-corrected chi connectivity index (χ2v) is 8.38. The Labute approximate surface area is 193 Å². The Morgan fingerprint density at radius 1 is 0.727 bits per heavy atom. The SMILES string of the molecule is Cc1ccc(C2=C(N(C)c3ccccc3)C(=O)N(c3cccc4ccccc34)C2=O)c(C)c1. The van der Waals surface area contributed by atoms with Crippen molar-refractivity contribution in [2.24, 2.45) is 0 Å². The van der Waals surface area contributed by atoms with Gasteiger partial charge in [0.15, 0.2) is 0 Å². The summed E-state index contributed by atoms with van der Waals surface area (Å²) in [5.74, 6) is -0.626. The van der Waals surface area contributed by atoms with E-state index in [1.165, 1.54) is 4.90 Å². The molecule has 0 atom stereocenters. The summed E-state index contributed by atoms with van der Waals surface area (Å²) in [5.41, 5.74) is 5.10. The van der Waals surface area contributed by atoms with Crippen LogP contribution in [0, 0.1) is 13.8 Å². The zero-order valence-corrected chi connectivity index (χ0v) is 18.9. The second kappa shape index (κ2) is 8.06. The number of nitrogens with zero attached hydrogens (tertiary/aromatic N) is 2. The van der Waals surface area contributed by atoms with Crippen molar-refractivity contribution in [1.29, 1.82) is 0 Å². The number of carbonyl (C=O) groups excluding carboxylic acids is 2. The van der Waals surface area contributed by atoms with E-state index < -0.39 is 0 Å². The number of hydrogen-bond acceptors (Lipinski definition) is 3. The van der Waals surface area contributed by atoms with Gasteiger partial charge < -0.3 is 4.90 Å². The van der Waals surface area contributed by atoms with Crippen LogP contribution in [0.5, 0.6) is 0 Å². The van der Waals surface area contributed by atoms with E-state index in [0.717, 1.165) is 33.2 Å². The number of anilines is 2. The first-order valence-electron chi connectivity index (χ1n) is 10.9. The van der Waals surface area contributed by atoms with Crippen LogP contribution in [-0.4, -0.2) is 18.9 Å². The van der Waals surface area contributed by atoms with Crippen molar-refractivity contribution in [3.05, 3.63) is 113 Å². The van der Waals surface area contributed by atoms with E-state index in [-0.39, 0.29) is 11.8 Å². The largest absolute Gasteiger partial charge is 0.339 e. The molecule has 0 fully saturated rings. The number of rotatable bonds is 4. The van der Waals surface area contributed by atoms with E-state index >= 15 is 0 Å². The average Bonchev–Trinajstić information content (AvgIpc) is 3.08. The summed E-state index contributed by atoms with van der Waals surface area (Å²) in [6, 6.07) is 29.1. The molecular formula is C29H24N2O2. The van der Waals surface area contributed by atoms with Crippen molar-refractivity contribution < 1.29 is 9.59 Å². The molecule has 0 radical (unpaired) electrons. The highest BCUT2D eigenvalue weighted by molar-refractivity contribution is 6.47. The lowest BCUT2D eigenvalue weighted by Crippen LogP contribution is -2.34. The first kappa shape index (κ1) is 20.7. The molecule has 0 aliphatic carbocycles. The van der Waals surface area contributed by atoms with Gasteiger partial charge in [-0.05, 0) is 48.6 Å². The minimum Gasteiger partial charge on any atom is -0.339 e. The Balaban J connectivity index is 1.73. The van der Waals surface area contributed by atoms with Crippen LogP contribution in [0.4, 0.5) is 11.4 Å². The van der Waals surface area contributed by atoms with E-state index in [1.807, 2.05) is 117 Å². The second-order valence-electron chi connectivity index (χ2n) is 8.38. The van der Waals surface area contributed by atoms with Crippen LogP contribution in [-0.2, 0) is 9.59 Å². The predicted molar refractivity (Wildman–Crippen MR) is 134 cm³/mol. The van der Waals surface area contributed by atoms with E-state index in [1.54, 1.807) is 0 Å². The van der Waals surface area contributed by atoms with Gasteiger partial charge in [0.1, 0.15) is 5.70 Å². The quantitative estimate of drug-likeness (QED) is 0.378. The van der Waals surface area contributed by atoms with E-state index in [4.69, 9.17) is 0 Å². The highest BCUT2D eigenvalue weighted by Gasteiger charge is 2.43. The molecule has 33 heavy (non-hydrogen) atoms. The summed E-state index contributed by atoms with van der Waals surface area (Å²) in [7, 11) is 1.84. The minimum atomic E-state index is -0.322. The molecule has 4 aromatic rings. The van der Waals surface area contributed by atoms with Crippen LogP contribution in [0.2, 0.25) is 0 Å². The Morgan fingerprint density at radius 2 is 1.42 bits per heavy atom. The summed E-state index contributed by atoms with van der Waals surface area (Å²) >= 11 is 0. The third kappa shape index (κ3) is 3.40. The Morgan fingerprint density at radius 3 is 2.18 bits per heavy atom. The molecule has 0 unspecified atom stereocenters. The molecular weight excluding hydrogens is 408 g/mol. The number of imide groups is 1. The summed E-state index contributed by atoms with van der Waals surface area (Å²) in [6.07, 6.45) is 0. The molecule has 2 amide bonds. The lowest BCUT2D eigenvalue weighted by atomic mass is 9.97. The number of amides is 2. The predicted octanol–water partition coefficient (Wildman–Crippen LogP) is 5.88. The molecule has 0 N–H and O–H groups in total. The summed E-state index contributed by atoms with van der Waals surface area (Å²) in [6.45, 7) is 4.00. The number of para-hydroxylation sites is 1. The molecule has 4 nitrogen and oxygen atoms in total. The maximum Gasteiger partial charge on any atom is 0.282 e. The lowest BCUT2D eigenvalue weighted by molar-refractivity contribution is -0.120. The summed E-state index contributed by atoms with van der Waals surface area (Å²) in [5, 5.41) is 1.85. The van der Waals surface area contributed by atoms with Crippen molar-refractivity contribution >= 4 is 39.5 Å². The van der Waals surface area contributed by atoms with Gasteiger partial charge in [-0.15, -0.1) is 0 Å². The maximum atomic E-state index is 14.0. The minimum absolute atomic E-state index is 0.305. The fourth-order valence-electron chi connectivity index (χ4n) is 4.57. The molecule has 162 valence electrons. The molecule has 0 spiro atoms. The zero-order valence-electron chi connectivity index (χ0n) is 18.9. The number of carbonyl (C=O) groups is 2. The van der Waals surface area contributed by atoms with Crippen LogP contribution in [0.1, 0.15) is 16.7 Å². The highest BCUT2D eigenvalue weighted by atomic mass is 16.2. The molecule has 0 saturated heterocycles. The number of hydrogen-bond donors (Lipinski definition) is 0. The Kier molecular flexibility index (Phi) is 5.06. The summed E-state index contributed by atoms with van der Waals surface area (Å²) < 4.78 is 0. The standard InChI is InChI=1S/C29H24N2O2/c1-19-16-17-23(20(2)18-19)26-27(30(3)22-12-5-4-6-13-22)29(33)31(28(26)32)25-15-9-11-21-10-7-8-14-24(21)25/h4-18H,1-3H3. The number of benzene rings is 4. The van der Waals surface area contributed by atoms with Crippen molar-refractivity contribution in [3.8, 4) is 0 Å². The monoisotopic (exact) mass is 432 g/mol. The van der Waals surface area contributed by atoms with E-state index in [0.29, 0.717) is 17.0 Å². The van der Waals surface area contributed by atoms with Crippen LogP contribution in [0.15, 0.2) is 96.7 Å². The smallest absolute Gasteiger partial charge is 0.282 e. The number of aryl methyl sites for hydroxylation is 2. The average molecular weight is 433 g/mol. The van der Waals surface area contributed by atoms with Gasteiger partial charge in [0.2, 0.25) is 0 Å². The van der Waals surface area contributed by atoms with Gasteiger partial charge in [-0.3, -0.25) is 9.59 Å². The van der Waals surface area contributed by atoms with Crippen LogP contribution in [0.3, 0.4) is 0 Å². The first-order valence-corrected chi connectivity index (χ1v) is 10.9. The number of fused-ring (bicyclic) bond motifs is 1.